The van der Waals surface area contributed by atoms with Crippen LogP contribution < -0.4 is 10.1 Å². The minimum Gasteiger partial charge on any atom is -0.489 e. The van der Waals surface area contributed by atoms with E-state index in [-0.39, 0.29) is 18.6 Å². The number of nitriles is 1. The highest BCUT2D eigenvalue weighted by molar-refractivity contribution is 5.66. The Balaban J connectivity index is 1.49. The molecule has 2 aromatic rings. The van der Waals surface area contributed by atoms with Gasteiger partial charge in [-0.1, -0.05) is 36.4 Å². The summed E-state index contributed by atoms with van der Waals surface area (Å²) in [6.45, 7) is 4.77. The molecule has 1 aliphatic rings. The number of fused-ring (bicyclic) bond motifs is 1. The van der Waals surface area contributed by atoms with Gasteiger partial charge in [-0.2, -0.15) is 5.26 Å². The van der Waals surface area contributed by atoms with Crippen molar-refractivity contribution in [1.29, 1.82) is 5.26 Å². The second kappa shape index (κ2) is 11.3. The number of aryl methyl sites for hydroxylation is 1. The molecule has 0 saturated carbocycles. The maximum Gasteiger partial charge on any atom is 0.303 e. The predicted octanol–water partition coefficient (Wildman–Crippen LogP) is 3.88. The molecule has 33 heavy (non-hydrogen) atoms. The molecule has 0 unspecified atom stereocenters. The second-order valence-electron chi connectivity index (χ2n) is 9.63. The lowest BCUT2D eigenvalue weighted by atomic mass is 9.88. The van der Waals surface area contributed by atoms with Gasteiger partial charge in [0, 0.05) is 18.5 Å². The molecule has 176 valence electrons. The van der Waals surface area contributed by atoms with Crippen LogP contribution in [0.3, 0.4) is 0 Å². The molecule has 0 aromatic heterocycles. The van der Waals surface area contributed by atoms with Crippen molar-refractivity contribution in [1.82, 2.24) is 5.32 Å². The summed E-state index contributed by atoms with van der Waals surface area (Å²) in [6, 6.07) is 16.0. The van der Waals surface area contributed by atoms with Crippen LogP contribution in [0.4, 0.5) is 0 Å². The number of β-amino-alcohol motifs (C(OH)–C–C–N with tert-alkyl or cyclic N) is 1. The lowest BCUT2D eigenvalue weighted by Crippen LogP contribution is -2.46. The third-order valence-corrected chi connectivity index (χ3v) is 6.22. The van der Waals surface area contributed by atoms with Crippen molar-refractivity contribution in [2.24, 2.45) is 5.92 Å². The standard InChI is InChI=1S/C27H34N2O4/c1-27(2,15-19-13-21-7-3-4-8-22(21)14-19)29-17-24(30)18-33-26-20(10-6-12-25(31)32)9-5-11-23(26)16-28/h3-5,7-9,11,19,24,29-30H,6,10,12-15,17-18H2,1-2H3,(H,31,32)/t24-/m0/s1. The van der Waals surface area contributed by atoms with Crippen molar-refractivity contribution in [3.8, 4) is 11.8 Å². The first kappa shape index (κ1) is 24.8. The Bertz CT molecular complexity index is 971. The van der Waals surface area contributed by atoms with Crippen molar-refractivity contribution >= 4 is 5.97 Å². The fourth-order valence-electron chi connectivity index (χ4n) is 4.69. The van der Waals surface area contributed by atoms with Crippen LogP contribution in [0.25, 0.3) is 0 Å². The number of carboxylic acid groups (broad SMARTS) is 1. The van der Waals surface area contributed by atoms with Crippen molar-refractivity contribution < 1.29 is 19.7 Å². The lowest BCUT2D eigenvalue weighted by molar-refractivity contribution is -0.137. The molecule has 0 saturated heterocycles. The Hall–Kier alpha value is -2.88. The first-order chi connectivity index (χ1) is 15.8. The number of para-hydroxylation sites is 1. The summed E-state index contributed by atoms with van der Waals surface area (Å²) in [6.07, 6.45) is 3.50. The number of hydrogen-bond acceptors (Lipinski definition) is 5. The molecule has 1 aliphatic carbocycles. The van der Waals surface area contributed by atoms with E-state index in [1.165, 1.54) is 11.1 Å². The van der Waals surface area contributed by atoms with E-state index in [1.807, 2.05) is 6.07 Å². The van der Waals surface area contributed by atoms with Gasteiger partial charge >= 0.3 is 5.97 Å². The molecule has 2 aromatic carbocycles. The van der Waals surface area contributed by atoms with E-state index in [1.54, 1.807) is 12.1 Å². The van der Waals surface area contributed by atoms with Crippen molar-refractivity contribution in [3.63, 3.8) is 0 Å². The van der Waals surface area contributed by atoms with Gasteiger partial charge in [0.2, 0.25) is 0 Å². The topological polar surface area (TPSA) is 103 Å². The lowest BCUT2D eigenvalue weighted by Gasteiger charge is -2.30. The number of benzene rings is 2. The zero-order valence-corrected chi connectivity index (χ0v) is 19.5. The zero-order chi connectivity index (χ0) is 23.8. The first-order valence-corrected chi connectivity index (χ1v) is 11.6. The Morgan fingerprint density at radius 1 is 1.21 bits per heavy atom. The molecule has 0 fully saturated rings. The van der Waals surface area contributed by atoms with E-state index < -0.39 is 12.1 Å². The summed E-state index contributed by atoms with van der Waals surface area (Å²) in [5.41, 5.74) is 3.95. The van der Waals surface area contributed by atoms with E-state index in [4.69, 9.17) is 9.84 Å². The van der Waals surface area contributed by atoms with Crippen LogP contribution in [0.2, 0.25) is 0 Å². The number of aliphatic hydroxyl groups excluding tert-OH is 1. The van der Waals surface area contributed by atoms with Gasteiger partial charge in [0.15, 0.2) is 0 Å². The number of ether oxygens (including phenoxy) is 1. The first-order valence-electron chi connectivity index (χ1n) is 11.6. The van der Waals surface area contributed by atoms with Crippen molar-refractivity contribution in [3.05, 3.63) is 64.7 Å². The highest BCUT2D eigenvalue weighted by Crippen LogP contribution is 2.32. The van der Waals surface area contributed by atoms with E-state index in [0.29, 0.717) is 36.6 Å². The molecule has 6 heteroatoms. The Morgan fingerprint density at radius 2 is 1.91 bits per heavy atom. The van der Waals surface area contributed by atoms with Crippen molar-refractivity contribution in [2.45, 2.75) is 64.0 Å². The van der Waals surface area contributed by atoms with E-state index >= 15 is 0 Å². The molecule has 0 bridgehead atoms. The summed E-state index contributed by atoms with van der Waals surface area (Å²) in [4.78, 5) is 10.8. The monoisotopic (exact) mass is 450 g/mol. The second-order valence-corrected chi connectivity index (χ2v) is 9.63. The van der Waals surface area contributed by atoms with Crippen LogP contribution in [0.5, 0.6) is 5.75 Å². The van der Waals surface area contributed by atoms with Crippen LogP contribution >= 0.6 is 0 Å². The van der Waals surface area contributed by atoms with Gasteiger partial charge in [-0.25, -0.2) is 0 Å². The Kier molecular flexibility index (Phi) is 8.49. The number of hydrogen-bond donors (Lipinski definition) is 3. The SMILES string of the molecule is CC(C)(CC1Cc2ccccc2C1)NC[C@H](O)COc1c(C#N)cccc1CCCC(=O)O. The zero-order valence-electron chi connectivity index (χ0n) is 19.5. The van der Waals surface area contributed by atoms with Gasteiger partial charge in [0.1, 0.15) is 24.5 Å². The molecule has 1 atom stereocenters. The van der Waals surface area contributed by atoms with E-state index in [2.05, 4.69) is 49.5 Å². The van der Waals surface area contributed by atoms with E-state index in [9.17, 15) is 15.2 Å². The number of rotatable bonds is 12. The van der Waals surface area contributed by atoms with Gasteiger partial charge in [-0.15, -0.1) is 0 Å². The van der Waals surface area contributed by atoms with Crippen LogP contribution in [-0.2, 0) is 24.1 Å². The van der Waals surface area contributed by atoms with Crippen molar-refractivity contribution in [2.75, 3.05) is 13.2 Å². The summed E-state index contributed by atoms with van der Waals surface area (Å²) in [5.74, 6) is 0.182. The fourth-order valence-corrected chi connectivity index (χ4v) is 4.69. The predicted molar refractivity (Wildman–Crippen MR) is 127 cm³/mol. The quantitative estimate of drug-likeness (QED) is 0.454. The summed E-state index contributed by atoms with van der Waals surface area (Å²) in [7, 11) is 0. The fraction of sp³-hybridized carbons (Fsp3) is 0.481. The highest BCUT2D eigenvalue weighted by Gasteiger charge is 2.28. The largest absolute Gasteiger partial charge is 0.489 e. The summed E-state index contributed by atoms with van der Waals surface area (Å²) in [5, 5.41) is 32.3. The number of nitrogens with one attached hydrogen (secondary N) is 1. The number of carbonyl (C=O) groups is 1. The molecule has 6 nitrogen and oxygen atoms in total. The maximum absolute atomic E-state index is 10.8. The molecule has 3 rings (SSSR count). The summed E-state index contributed by atoms with van der Waals surface area (Å²) >= 11 is 0. The van der Waals surface area contributed by atoms with Gasteiger partial charge in [-0.05, 0) is 74.6 Å². The number of aliphatic carboxylic acids is 1. The number of nitrogens with zero attached hydrogens (tertiary/aromatic N) is 1. The maximum atomic E-state index is 10.8. The number of aliphatic hydroxyl groups is 1. The molecule has 0 amide bonds. The van der Waals surface area contributed by atoms with Gasteiger partial charge in [-0.3, -0.25) is 4.79 Å². The molecular formula is C27H34N2O4. The molecule has 0 radical (unpaired) electrons. The Labute approximate surface area is 196 Å². The molecule has 0 aliphatic heterocycles. The summed E-state index contributed by atoms with van der Waals surface area (Å²) < 4.78 is 5.86. The van der Waals surface area contributed by atoms with Crippen LogP contribution in [-0.4, -0.2) is 41.0 Å². The van der Waals surface area contributed by atoms with Crippen LogP contribution in [0.15, 0.2) is 42.5 Å². The number of carboxylic acids is 1. The van der Waals surface area contributed by atoms with Gasteiger partial charge in [0.25, 0.3) is 0 Å². The molecular weight excluding hydrogens is 416 g/mol. The molecule has 0 spiro atoms. The third kappa shape index (κ3) is 7.31. The third-order valence-electron chi connectivity index (χ3n) is 6.22. The van der Waals surface area contributed by atoms with Gasteiger partial charge in [0.05, 0.1) is 5.56 Å². The molecule has 0 heterocycles. The minimum atomic E-state index is -0.848. The minimum absolute atomic E-state index is 0.0581. The average Bonchev–Trinajstić information content (AvgIpc) is 3.17. The average molecular weight is 451 g/mol. The highest BCUT2D eigenvalue weighted by atomic mass is 16.5. The Morgan fingerprint density at radius 3 is 2.55 bits per heavy atom. The molecule has 3 N–H and O–H groups in total. The van der Waals surface area contributed by atoms with E-state index in [0.717, 1.165) is 24.8 Å². The van der Waals surface area contributed by atoms with Crippen LogP contribution in [0.1, 0.15) is 55.4 Å². The van der Waals surface area contributed by atoms with Gasteiger partial charge < -0.3 is 20.3 Å². The normalized spacial score (nSPS) is 14.5. The van der Waals surface area contributed by atoms with Crippen LogP contribution in [0, 0.1) is 17.2 Å². The smallest absolute Gasteiger partial charge is 0.303 e.